The number of anilines is 1. The molecule has 0 radical (unpaired) electrons. The molecule has 6 nitrogen and oxygen atoms in total. The first-order valence-corrected chi connectivity index (χ1v) is 8.07. The van der Waals surface area contributed by atoms with Gasteiger partial charge in [0.25, 0.3) is 0 Å². The van der Waals surface area contributed by atoms with Crippen molar-refractivity contribution in [1.29, 1.82) is 0 Å². The van der Waals surface area contributed by atoms with E-state index in [0.29, 0.717) is 24.5 Å². The van der Waals surface area contributed by atoms with Gasteiger partial charge in [0.15, 0.2) is 5.82 Å². The second-order valence-corrected chi connectivity index (χ2v) is 5.50. The van der Waals surface area contributed by atoms with E-state index in [2.05, 4.69) is 17.4 Å². The average molecular weight is 309 g/mol. The van der Waals surface area contributed by atoms with E-state index in [1.165, 1.54) is 0 Å². The zero-order chi connectivity index (χ0) is 16.4. The Balaban J connectivity index is 2.44. The first kappa shape index (κ1) is 18.2. The minimum absolute atomic E-state index is 0.0458. The number of nitrogens with zero attached hydrogens (tertiary/aromatic N) is 2. The molecule has 1 rings (SSSR count). The molecule has 0 fully saturated rings. The first-order chi connectivity index (χ1) is 10.6. The van der Waals surface area contributed by atoms with Crippen LogP contribution in [0.1, 0.15) is 58.1 Å². The van der Waals surface area contributed by atoms with Gasteiger partial charge in [-0.25, -0.2) is 0 Å². The fourth-order valence-corrected chi connectivity index (χ4v) is 2.20. The van der Waals surface area contributed by atoms with Crippen LogP contribution in [0, 0.1) is 6.92 Å². The smallest absolute Gasteiger partial charge is 0.245 e. The van der Waals surface area contributed by atoms with Crippen LogP contribution in [0.15, 0.2) is 10.6 Å². The lowest BCUT2D eigenvalue weighted by Gasteiger charge is -2.21. The molecule has 0 aliphatic carbocycles. The minimum atomic E-state index is -0.247. The van der Waals surface area contributed by atoms with Gasteiger partial charge in [-0.2, -0.15) is 0 Å². The summed E-state index contributed by atoms with van der Waals surface area (Å²) in [6.07, 6.45) is 5.58. The highest BCUT2D eigenvalue weighted by molar-refractivity contribution is 5.93. The Bertz CT molecular complexity index is 471. The largest absolute Gasteiger partial charge is 0.360 e. The van der Waals surface area contributed by atoms with E-state index < -0.39 is 0 Å². The van der Waals surface area contributed by atoms with Crippen LogP contribution in [0.3, 0.4) is 0 Å². The summed E-state index contributed by atoms with van der Waals surface area (Å²) in [5, 5.41) is 6.36. The zero-order valence-corrected chi connectivity index (χ0v) is 13.9. The summed E-state index contributed by atoms with van der Waals surface area (Å²) in [5.41, 5.74) is 0. The van der Waals surface area contributed by atoms with Crippen molar-refractivity contribution in [2.45, 2.75) is 59.3 Å². The van der Waals surface area contributed by atoms with E-state index >= 15 is 0 Å². The maximum atomic E-state index is 12.2. The highest BCUT2D eigenvalue weighted by atomic mass is 16.5. The molecule has 0 aromatic carbocycles. The number of hydrogen-bond donors (Lipinski definition) is 1. The van der Waals surface area contributed by atoms with Gasteiger partial charge in [0.1, 0.15) is 5.76 Å². The van der Waals surface area contributed by atoms with Gasteiger partial charge in [0.2, 0.25) is 11.8 Å². The monoisotopic (exact) mass is 309 g/mol. The lowest BCUT2D eigenvalue weighted by molar-refractivity contribution is -0.134. The van der Waals surface area contributed by atoms with Crippen LogP contribution in [0.2, 0.25) is 0 Å². The normalized spacial score (nSPS) is 10.5. The first-order valence-electron chi connectivity index (χ1n) is 8.07. The molecule has 1 heterocycles. The second kappa shape index (κ2) is 9.97. The summed E-state index contributed by atoms with van der Waals surface area (Å²) in [7, 11) is 0. The Hall–Kier alpha value is -1.85. The molecule has 0 aliphatic rings. The van der Waals surface area contributed by atoms with Crippen molar-refractivity contribution >= 4 is 17.6 Å². The molecule has 1 aromatic heterocycles. The maximum absolute atomic E-state index is 12.2. The Morgan fingerprint density at radius 1 is 1.23 bits per heavy atom. The number of hydrogen-bond acceptors (Lipinski definition) is 4. The summed E-state index contributed by atoms with van der Waals surface area (Å²) in [5.74, 6) is 0.815. The highest BCUT2D eigenvalue weighted by Crippen LogP contribution is 2.09. The molecule has 2 amide bonds. The van der Waals surface area contributed by atoms with Gasteiger partial charge in [-0.1, -0.05) is 38.3 Å². The summed E-state index contributed by atoms with van der Waals surface area (Å²) in [4.78, 5) is 25.8. The highest BCUT2D eigenvalue weighted by Gasteiger charge is 2.16. The Morgan fingerprint density at radius 2 is 2.00 bits per heavy atom. The quantitative estimate of drug-likeness (QED) is 0.674. The van der Waals surface area contributed by atoms with Crippen molar-refractivity contribution in [3.05, 3.63) is 11.8 Å². The van der Waals surface area contributed by atoms with Crippen molar-refractivity contribution in [2.24, 2.45) is 0 Å². The summed E-state index contributed by atoms with van der Waals surface area (Å²) < 4.78 is 4.90. The molecule has 0 aliphatic heterocycles. The molecule has 22 heavy (non-hydrogen) atoms. The lowest BCUT2D eigenvalue weighted by atomic mass is 10.1. The van der Waals surface area contributed by atoms with E-state index in [9.17, 15) is 9.59 Å². The van der Waals surface area contributed by atoms with Crippen molar-refractivity contribution in [1.82, 2.24) is 10.1 Å². The van der Waals surface area contributed by atoms with E-state index in [-0.39, 0.29) is 18.4 Å². The number of carbonyl (C=O) groups excluding carboxylic acids is 2. The van der Waals surface area contributed by atoms with Crippen LogP contribution in [0.5, 0.6) is 0 Å². The molecule has 6 heteroatoms. The van der Waals surface area contributed by atoms with Crippen LogP contribution >= 0.6 is 0 Å². The molecule has 0 unspecified atom stereocenters. The van der Waals surface area contributed by atoms with Gasteiger partial charge >= 0.3 is 0 Å². The van der Waals surface area contributed by atoms with Gasteiger partial charge < -0.3 is 14.7 Å². The van der Waals surface area contributed by atoms with Crippen LogP contribution in [-0.2, 0) is 9.59 Å². The third-order valence-corrected chi connectivity index (χ3v) is 3.32. The van der Waals surface area contributed by atoms with Gasteiger partial charge in [0, 0.05) is 19.0 Å². The predicted octanol–water partition coefficient (Wildman–Crippen LogP) is 3.13. The molecule has 0 atom stereocenters. The SMILES string of the molecule is CCCCCCC(=O)N(CCC)CC(=O)Nc1cc(C)on1. The van der Waals surface area contributed by atoms with E-state index in [4.69, 9.17) is 4.52 Å². The Kier molecular flexibility index (Phi) is 8.25. The molecule has 1 aromatic rings. The van der Waals surface area contributed by atoms with Gasteiger partial charge in [-0.3, -0.25) is 9.59 Å². The predicted molar refractivity (Wildman–Crippen MR) is 85.5 cm³/mol. The standard InChI is InChI=1S/C16H27N3O3/c1-4-6-7-8-9-16(21)19(10-5-2)12-15(20)17-14-11-13(3)22-18-14/h11H,4-10,12H2,1-3H3,(H,17,18,20). The van der Waals surface area contributed by atoms with E-state index in [1.807, 2.05) is 6.92 Å². The van der Waals surface area contributed by atoms with Crippen molar-refractivity contribution < 1.29 is 14.1 Å². The number of rotatable bonds is 10. The second-order valence-electron chi connectivity index (χ2n) is 5.50. The van der Waals surface area contributed by atoms with Crippen LogP contribution in [-0.4, -0.2) is 35.0 Å². The number of amides is 2. The van der Waals surface area contributed by atoms with Crippen molar-refractivity contribution in [3.8, 4) is 0 Å². The van der Waals surface area contributed by atoms with Gasteiger partial charge in [0.05, 0.1) is 6.54 Å². The summed E-state index contributed by atoms with van der Waals surface area (Å²) in [6, 6.07) is 1.65. The third-order valence-electron chi connectivity index (χ3n) is 3.32. The molecule has 1 N–H and O–H groups in total. The molecule has 0 spiro atoms. The van der Waals surface area contributed by atoms with E-state index in [0.717, 1.165) is 32.1 Å². The lowest BCUT2D eigenvalue weighted by Crippen LogP contribution is -2.38. The van der Waals surface area contributed by atoms with Crippen molar-refractivity contribution in [3.63, 3.8) is 0 Å². The molecule has 0 saturated heterocycles. The Labute approximate surface area is 132 Å². The summed E-state index contributed by atoms with van der Waals surface area (Å²) >= 11 is 0. The van der Waals surface area contributed by atoms with Crippen molar-refractivity contribution in [2.75, 3.05) is 18.4 Å². The number of unbranched alkanes of at least 4 members (excludes halogenated alkanes) is 3. The number of carbonyl (C=O) groups is 2. The fourth-order valence-electron chi connectivity index (χ4n) is 2.20. The van der Waals surface area contributed by atoms with Crippen LogP contribution < -0.4 is 5.32 Å². The number of nitrogens with one attached hydrogen (secondary N) is 1. The Morgan fingerprint density at radius 3 is 2.59 bits per heavy atom. The van der Waals surface area contributed by atoms with Crippen LogP contribution in [0.4, 0.5) is 5.82 Å². The topological polar surface area (TPSA) is 75.4 Å². The molecule has 124 valence electrons. The minimum Gasteiger partial charge on any atom is -0.360 e. The number of aryl methyl sites for hydroxylation is 1. The van der Waals surface area contributed by atoms with Crippen LogP contribution in [0.25, 0.3) is 0 Å². The molecule has 0 saturated carbocycles. The van der Waals surface area contributed by atoms with Gasteiger partial charge in [-0.05, 0) is 19.8 Å². The third kappa shape index (κ3) is 6.74. The van der Waals surface area contributed by atoms with E-state index in [1.54, 1.807) is 17.9 Å². The maximum Gasteiger partial charge on any atom is 0.245 e. The molecule has 0 bridgehead atoms. The molecular weight excluding hydrogens is 282 g/mol. The fraction of sp³-hybridized carbons (Fsp3) is 0.688. The number of aromatic nitrogens is 1. The van der Waals surface area contributed by atoms with Gasteiger partial charge in [-0.15, -0.1) is 0 Å². The zero-order valence-electron chi connectivity index (χ0n) is 13.9. The average Bonchev–Trinajstić information content (AvgIpc) is 2.88. The molecular formula is C16H27N3O3. The summed E-state index contributed by atoms with van der Waals surface area (Å²) in [6.45, 7) is 6.55.